The minimum atomic E-state index is -0.677. The molecule has 186 valence electrons. The van der Waals surface area contributed by atoms with E-state index in [4.69, 9.17) is 5.26 Å². The molecule has 0 saturated heterocycles. The van der Waals surface area contributed by atoms with Gasteiger partial charge >= 0.3 is 0 Å². The van der Waals surface area contributed by atoms with Gasteiger partial charge in [0.1, 0.15) is 11.9 Å². The van der Waals surface area contributed by atoms with Crippen LogP contribution in [-0.2, 0) is 4.79 Å². The molecule has 2 aromatic rings. The first-order valence-corrected chi connectivity index (χ1v) is 11.9. The standard InChI is InChI=1S/C25H32FN7O2/c1-14(2)30-21-10-22(33-23-20(26)9-16(11-27)12-29-23)28-13-19(21)25(35)32-18-7-5-17(6-8-18)24(34)31-15(3)4/h9-10,12-15,17-18H,5-8H2,1-4H3,(H,31,34)(H,32,35)(H2,28,29,30,33). The van der Waals surface area contributed by atoms with E-state index in [1.165, 1.54) is 12.4 Å². The van der Waals surface area contributed by atoms with E-state index < -0.39 is 5.82 Å². The maximum absolute atomic E-state index is 14.2. The Labute approximate surface area is 204 Å². The van der Waals surface area contributed by atoms with E-state index in [1.807, 2.05) is 33.8 Å². The van der Waals surface area contributed by atoms with Crippen molar-refractivity contribution in [1.29, 1.82) is 5.26 Å². The van der Waals surface area contributed by atoms with Crippen molar-refractivity contribution in [1.82, 2.24) is 20.6 Å². The molecule has 4 N–H and O–H groups in total. The number of nitrogens with zero attached hydrogens (tertiary/aromatic N) is 3. The van der Waals surface area contributed by atoms with Gasteiger partial charge in [0, 0.05) is 42.5 Å². The van der Waals surface area contributed by atoms with Gasteiger partial charge in [-0.2, -0.15) is 5.26 Å². The topological polar surface area (TPSA) is 132 Å². The van der Waals surface area contributed by atoms with Gasteiger partial charge in [0.15, 0.2) is 11.6 Å². The second-order valence-corrected chi connectivity index (χ2v) is 9.39. The highest BCUT2D eigenvalue weighted by Gasteiger charge is 2.28. The van der Waals surface area contributed by atoms with Crippen LogP contribution in [0.2, 0.25) is 0 Å². The zero-order valence-electron chi connectivity index (χ0n) is 20.5. The lowest BCUT2D eigenvalue weighted by atomic mass is 9.85. The summed E-state index contributed by atoms with van der Waals surface area (Å²) in [7, 11) is 0. The zero-order chi connectivity index (χ0) is 25.5. The number of aromatic nitrogens is 2. The van der Waals surface area contributed by atoms with Crippen molar-refractivity contribution in [3.05, 3.63) is 41.5 Å². The third-order valence-electron chi connectivity index (χ3n) is 5.67. The molecular weight excluding hydrogens is 449 g/mol. The number of carbonyl (C=O) groups is 2. The Morgan fingerprint density at radius 1 is 1.06 bits per heavy atom. The fourth-order valence-corrected chi connectivity index (χ4v) is 4.01. The molecule has 35 heavy (non-hydrogen) atoms. The largest absolute Gasteiger partial charge is 0.382 e. The Hall–Kier alpha value is -3.74. The quantitative estimate of drug-likeness (QED) is 0.450. The first-order valence-electron chi connectivity index (χ1n) is 11.9. The van der Waals surface area contributed by atoms with Crippen LogP contribution >= 0.6 is 0 Å². The predicted molar refractivity (Wildman–Crippen MR) is 132 cm³/mol. The van der Waals surface area contributed by atoms with Crippen molar-refractivity contribution >= 4 is 29.1 Å². The van der Waals surface area contributed by atoms with Gasteiger partial charge in [-0.15, -0.1) is 0 Å². The fraction of sp³-hybridized carbons (Fsp3) is 0.480. The van der Waals surface area contributed by atoms with Gasteiger partial charge < -0.3 is 21.3 Å². The highest BCUT2D eigenvalue weighted by atomic mass is 19.1. The summed E-state index contributed by atoms with van der Waals surface area (Å²) < 4.78 is 14.2. The van der Waals surface area contributed by atoms with Crippen LogP contribution in [0, 0.1) is 23.1 Å². The van der Waals surface area contributed by atoms with Crippen molar-refractivity contribution in [2.75, 3.05) is 10.6 Å². The predicted octanol–water partition coefficient (Wildman–Crippen LogP) is 3.86. The lowest BCUT2D eigenvalue weighted by Gasteiger charge is -2.29. The van der Waals surface area contributed by atoms with Crippen LogP contribution in [-0.4, -0.2) is 39.9 Å². The molecule has 2 aromatic heterocycles. The van der Waals surface area contributed by atoms with Gasteiger partial charge in [-0.3, -0.25) is 9.59 Å². The van der Waals surface area contributed by atoms with E-state index in [9.17, 15) is 14.0 Å². The Morgan fingerprint density at radius 2 is 1.77 bits per heavy atom. The van der Waals surface area contributed by atoms with E-state index in [2.05, 4.69) is 31.2 Å². The zero-order valence-corrected chi connectivity index (χ0v) is 20.5. The fourth-order valence-electron chi connectivity index (χ4n) is 4.01. The Morgan fingerprint density at radius 3 is 2.37 bits per heavy atom. The minimum absolute atomic E-state index is 0.0211. The van der Waals surface area contributed by atoms with Crippen LogP contribution in [0.25, 0.3) is 0 Å². The Kier molecular flexibility index (Phi) is 8.58. The van der Waals surface area contributed by atoms with Gasteiger partial charge in [-0.05, 0) is 59.4 Å². The van der Waals surface area contributed by atoms with E-state index >= 15 is 0 Å². The summed E-state index contributed by atoms with van der Waals surface area (Å²) in [6.45, 7) is 7.78. The maximum atomic E-state index is 14.2. The Balaban J connectivity index is 1.69. The number of nitrogens with one attached hydrogen (secondary N) is 4. The average molecular weight is 482 g/mol. The molecule has 0 aliphatic heterocycles. The van der Waals surface area contributed by atoms with Crippen LogP contribution in [0.15, 0.2) is 24.5 Å². The molecule has 2 amide bonds. The number of pyridine rings is 2. The number of anilines is 3. The number of carbonyl (C=O) groups excluding carboxylic acids is 2. The molecule has 0 radical (unpaired) electrons. The Bertz CT molecular complexity index is 1110. The van der Waals surface area contributed by atoms with E-state index in [1.54, 1.807) is 6.07 Å². The van der Waals surface area contributed by atoms with Crippen LogP contribution in [0.1, 0.15) is 69.3 Å². The van der Waals surface area contributed by atoms with E-state index in [0.29, 0.717) is 17.1 Å². The van der Waals surface area contributed by atoms with Gasteiger partial charge in [0.2, 0.25) is 5.91 Å². The second-order valence-electron chi connectivity index (χ2n) is 9.39. The molecule has 3 rings (SSSR count). The molecular formula is C25H32FN7O2. The molecule has 1 fully saturated rings. The first kappa shape index (κ1) is 25.9. The normalized spacial score (nSPS) is 17.5. The van der Waals surface area contributed by atoms with Crippen LogP contribution < -0.4 is 21.3 Å². The summed E-state index contributed by atoms with van der Waals surface area (Å²) >= 11 is 0. The van der Waals surface area contributed by atoms with Crippen LogP contribution in [0.3, 0.4) is 0 Å². The minimum Gasteiger partial charge on any atom is -0.382 e. The van der Waals surface area contributed by atoms with Crippen LogP contribution in [0.5, 0.6) is 0 Å². The number of rotatable bonds is 8. The summed E-state index contributed by atoms with van der Waals surface area (Å²) in [4.78, 5) is 33.5. The lowest BCUT2D eigenvalue weighted by Crippen LogP contribution is -2.42. The second kappa shape index (κ2) is 11.6. The highest BCUT2D eigenvalue weighted by Crippen LogP contribution is 2.27. The van der Waals surface area contributed by atoms with E-state index in [-0.39, 0.29) is 47.2 Å². The third-order valence-corrected chi connectivity index (χ3v) is 5.67. The van der Waals surface area contributed by atoms with E-state index in [0.717, 1.165) is 31.7 Å². The molecule has 2 heterocycles. The van der Waals surface area contributed by atoms with Crippen molar-refractivity contribution in [2.45, 2.75) is 71.5 Å². The molecule has 1 saturated carbocycles. The van der Waals surface area contributed by atoms with Crippen molar-refractivity contribution in [3.8, 4) is 6.07 Å². The number of hydrogen-bond donors (Lipinski definition) is 4. The summed E-state index contributed by atoms with van der Waals surface area (Å²) in [5.74, 6) is -0.644. The monoisotopic (exact) mass is 481 g/mol. The number of nitriles is 1. The van der Waals surface area contributed by atoms with Gasteiger partial charge in [0.25, 0.3) is 5.91 Å². The van der Waals surface area contributed by atoms with Crippen molar-refractivity contribution in [2.24, 2.45) is 5.92 Å². The first-order chi connectivity index (χ1) is 16.7. The molecule has 0 spiro atoms. The summed E-state index contributed by atoms with van der Waals surface area (Å²) in [5.41, 5.74) is 1.04. The van der Waals surface area contributed by atoms with Crippen LogP contribution in [0.4, 0.5) is 21.7 Å². The molecule has 10 heteroatoms. The lowest BCUT2D eigenvalue weighted by molar-refractivity contribution is -0.126. The summed E-state index contributed by atoms with van der Waals surface area (Å²) in [6, 6.07) is 4.68. The van der Waals surface area contributed by atoms with Gasteiger partial charge in [0.05, 0.1) is 16.8 Å². The molecule has 1 aliphatic carbocycles. The molecule has 0 bridgehead atoms. The third kappa shape index (κ3) is 7.12. The average Bonchev–Trinajstić information content (AvgIpc) is 2.80. The molecule has 0 aromatic carbocycles. The number of halogens is 1. The SMILES string of the molecule is CC(C)NC(=O)C1CCC(NC(=O)c2cnc(Nc3ncc(C#N)cc3F)cc2NC(C)C)CC1. The maximum Gasteiger partial charge on any atom is 0.255 e. The molecule has 9 nitrogen and oxygen atoms in total. The van der Waals surface area contributed by atoms with Crippen molar-refractivity contribution in [3.63, 3.8) is 0 Å². The van der Waals surface area contributed by atoms with Crippen molar-refractivity contribution < 1.29 is 14.0 Å². The molecule has 0 atom stereocenters. The molecule has 1 aliphatic rings. The number of amides is 2. The summed E-state index contributed by atoms with van der Waals surface area (Å²) in [5, 5.41) is 20.9. The number of hydrogen-bond acceptors (Lipinski definition) is 7. The summed E-state index contributed by atoms with van der Waals surface area (Å²) in [6.07, 6.45) is 5.61. The van der Waals surface area contributed by atoms with Gasteiger partial charge in [-0.25, -0.2) is 14.4 Å². The van der Waals surface area contributed by atoms with Gasteiger partial charge in [-0.1, -0.05) is 0 Å². The molecule has 0 unspecified atom stereocenters. The smallest absolute Gasteiger partial charge is 0.255 e. The highest BCUT2D eigenvalue weighted by molar-refractivity contribution is 6.00.